The summed E-state index contributed by atoms with van der Waals surface area (Å²) in [7, 11) is 0. The Balaban J connectivity index is 1.40. The van der Waals surface area contributed by atoms with E-state index in [2.05, 4.69) is 51.2 Å². The van der Waals surface area contributed by atoms with Crippen LogP contribution in [0.15, 0.2) is 77.1 Å². The maximum atomic E-state index is 13.6. The van der Waals surface area contributed by atoms with Crippen molar-refractivity contribution in [2.45, 2.75) is 65.9 Å². The molecule has 6 rings (SSSR count). The van der Waals surface area contributed by atoms with E-state index in [-0.39, 0.29) is 22.4 Å². The molecule has 0 aromatic heterocycles. The SMILES string of the molecule is CC1(C)CC(=O)C2=C(C1)NC1=C(C(=O)CC(C)(C)C1)C2c1cc(Cl)c(OCc2cccc3ccccc23)c(Cl)c1. The van der Waals surface area contributed by atoms with Gasteiger partial charge >= 0.3 is 0 Å². The van der Waals surface area contributed by atoms with Crippen LogP contribution < -0.4 is 10.1 Å². The van der Waals surface area contributed by atoms with Crippen LogP contribution in [0.5, 0.6) is 5.75 Å². The van der Waals surface area contributed by atoms with Crippen LogP contribution in [0.3, 0.4) is 0 Å². The number of fused-ring (bicyclic) bond motifs is 1. The minimum Gasteiger partial charge on any atom is -0.486 e. The minimum atomic E-state index is -0.499. The van der Waals surface area contributed by atoms with E-state index < -0.39 is 5.92 Å². The van der Waals surface area contributed by atoms with Crippen LogP contribution in [0.25, 0.3) is 10.8 Å². The molecule has 0 saturated heterocycles. The molecule has 0 spiro atoms. The molecular weight excluding hydrogens is 541 g/mol. The molecule has 3 aromatic carbocycles. The largest absolute Gasteiger partial charge is 0.486 e. The molecule has 0 fully saturated rings. The van der Waals surface area contributed by atoms with Crippen molar-refractivity contribution in [3.8, 4) is 5.75 Å². The van der Waals surface area contributed by atoms with Crippen molar-refractivity contribution in [3.63, 3.8) is 0 Å². The first kappa shape index (κ1) is 27.1. The lowest BCUT2D eigenvalue weighted by Gasteiger charge is -2.44. The number of ketones is 2. The van der Waals surface area contributed by atoms with Gasteiger partial charge in [-0.3, -0.25) is 9.59 Å². The van der Waals surface area contributed by atoms with Gasteiger partial charge in [-0.15, -0.1) is 0 Å². The molecular formula is C34H33Cl2NO3. The fraction of sp³-hybridized carbons (Fsp3) is 0.353. The summed E-state index contributed by atoms with van der Waals surface area (Å²) in [4.78, 5) is 27.2. The minimum absolute atomic E-state index is 0.0662. The molecule has 0 bridgehead atoms. The highest BCUT2D eigenvalue weighted by atomic mass is 35.5. The molecule has 1 N–H and O–H groups in total. The Morgan fingerprint density at radius 3 is 1.95 bits per heavy atom. The Bertz CT molecular complexity index is 1570. The van der Waals surface area contributed by atoms with E-state index in [4.69, 9.17) is 27.9 Å². The molecule has 1 heterocycles. The summed E-state index contributed by atoms with van der Waals surface area (Å²) in [5.74, 6) is 0.0260. The lowest BCUT2D eigenvalue weighted by atomic mass is 9.64. The van der Waals surface area contributed by atoms with Gasteiger partial charge < -0.3 is 10.1 Å². The van der Waals surface area contributed by atoms with Crippen LogP contribution in [0.1, 0.15) is 70.4 Å². The van der Waals surface area contributed by atoms with E-state index in [1.54, 1.807) is 0 Å². The number of hydrogen-bond acceptors (Lipinski definition) is 4. The first-order valence-electron chi connectivity index (χ1n) is 13.8. The van der Waals surface area contributed by atoms with Crippen molar-refractivity contribution in [1.29, 1.82) is 0 Å². The molecule has 1 aliphatic heterocycles. The van der Waals surface area contributed by atoms with Gasteiger partial charge in [0.1, 0.15) is 6.61 Å². The van der Waals surface area contributed by atoms with Crippen molar-refractivity contribution in [2.24, 2.45) is 10.8 Å². The lowest BCUT2D eigenvalue weighted by Crippen LogP contribution is -2.42. The summed E-state index contributed by atoms with van der Waals surface area (Å²) in [5.41, 5.74) is 4.63. The second-order valence-electron chi connectivity index (χ2n) is 13.0. The first-order valence-corrected chi connectivity index (χ1v) is 14.6. The van der Waals surface area contributed by atoms with Crippen LogP contribution >= 0.6 is 23.2 Å². The van der Waals surface area contributed by atoms with E-state index in [1.165, 1.54) is 0 Å². The van der Waals surface area contributed by atoms with Crippen molar-refractivity contribution in [1.82, 2.24) is 5.32 Å². The summed E-state index contributed by atoms with van der Waals surface area (Å²) in [6, 6.07) is 17.9. The second kappa shape index (κ2) is 9.78. The molecule has 206 valence electrons. The average molecular weight is 575 g/mol. The first-order chi connectivity index (χ1) is 18.9. The molecule has 3 aromatic rings. The number of benzene rings is 3. The van der Waals surface area contributed by atoms with Gasteiger partial charge in [0.15, 0.2) is 17.3 Å². The predicted molar refractivity (Wildman–Crippen MR) is 161 cm³/mol. The maximum absolute atomic E-state index is 13.6. The number of carbonyl (C=O) groups is 2. The highest BCUT2D eigenvalue weighted by Gasteiger charge is 2.46. The van der Waals surface area contributed by atoms with E-state index >= 15 is 0 Å². The number of ether oxygens (including phenoxy) is 1. The van der Waals surface area contributed by atoms with Gasteiger partial charge in [0.25, 0.3) is 0 Å². The highest BCUT2D eigenvalue weighted by molar-refractivity contribution is 6.37. The summed E-state index contributed by atoms with van der Waals surface area (Å²) in [6.07, 6.45) is 2.34. The van der Waals surface area contributed by atoms with Crippen LogP contribution in [-0.4, -0.2) is 11.6 Å². The van der Waals surface area contributed by atoms with Crippen molar-refractivity contribution in [3.05, 3.63) is 98.3 Å². The van der Waals surface area contributed by atoms with Gasteiger partial charge in [-0.1, -0.05) is 93.4 Å². The number of rotatable bonds is 4. The zero-order valence-corrected chi connectivity index (χ0v) is 24.8. The van der Waals surface area contributed by atoms with Crippen LogP contribution in [0.4, 0.5) is 0 Å². The number of allylic oxidation sites excluding steroid dienone is 4. The molecule has 2 aliphatic carbocycles. The third-order valence-corrected chi connectivity index (χ3v) is 8.89. The number of dihydropyridines is 1. The van der Waals surface area contributed by atoms with Gasteiger partial charge in [0, 0.05) is 41.3 Å². The summed E-state index contributed by atoms with van der Waals surface area (Å²) >= 11 is 13.7. The summed E-state index contributed by atoms with van der Waals surface area (Å²) in [5, 5.41) is 6.51. The van der Waals surface area contributed by atoms with Crippen molar-refractivity contribution < 1.29 is 14.3 Å². The number of halogens is 2. The van der Waals surface area contributed by atoms with E-state index in [1.807, 2.05) is 36.4 Å². The molecule has 0 saturated carbocycles. The van der Waals surface area contributed by atoms with Crippen molar-refractivity contribution >= 4 is 45.5 Å². The standard InChI is InChI=1S/C34H33Cl2NO3/c1-33(2)14-25-30(27(38)16-33)29(31-26(37-25)15-34(3,4)17-28(31)39)21-12-23(35)32(24(36)13-21)40-18-20-10-7-9-19-8-5-6-11-22(19)20/h5-13,29,37H,14-18H2,1-4H3. The Morgan fingerprint density at radius 1 is 0.800 bits per heavy atom. The Morgan fingerprint density at radius 2 is 1.35 bits per heavy atom. The normalized spacial score (nSPS) is 20.4. The quantitative estimate of drug-likeness (QED) is 0.339. The van der Waals surface area contributed by atoms with Crippen LogP contribution in [0, 0.1) is 10.8 Å². The van der Waals surface area contributed by atoms with Gasteiger partial charge in [-0.2, -0.15) is 0 Å². The monoisotopic (exact) mass is 573 g/mol. The Labute approximate surface area is 245 Å². The Kier molecular flexibility index (Phi) is 6.63. The topological polar surface area (TPSA) is 55.4 Å². The fourth-order valence-electron chi connectivity index (χ4n) is 6.67. The smallest absolute Gasteiger partial charge is 0.162 e. The van der Waals surface area contributed by atoms with Gasteiger partial charge in [-0.05, 0) is 57.7 Å². The number of carbonyl (C=O) groups excluding carboxylic acids is 2. The summed E-state index contributed by atoms with van der Waals surface area (Å²) < 4.78 is 6.18. The molecule has 0 atom stereocenters. The zero-order chi connectivity index (χ0) is 28.4. The van der Waals surface area contributed by atoms with Gasteiger partial charge in [0.05, 0.1) is 10.0 Å². The zero-order valence-electron chi connectivity index (χ0n) is 23.3. The van der Waals surface area contributed by atoms with Crippen LogP contribution in [0.2, 0.25) is 10.0 Å². The van der Waals surface area contributed by atoms with E-state index in [0.717, 1.165) is 46.1 Å². The van der Waals surface area contributed by atoms with Gasteiger partial charge in [-0.25, -0.2) is 0 Å². The fourth-order valence-corrected chi connectivity index (χ4v) is 7.29. The molecule has 3 aliphatic rings. The van der Waals surface area contributed by atoms with Crippen molar-refractivity contribution in [2.75, 3.05) is 0 Å². The molecule has 4 nitrogen and oxygen atoms in total. The average Bonchev–Trinajstić information content (AvgIpc) is 2.85. The third kappa shape index (κ3) is 4.86. The molecule has 0 radical (unpaired) electrons. The predicted octanol–water partition coefficient (Wildman–Crippen LogP) is 8.70. The third-order valence-electron chi connectivity index (χ3n) is 8.32. The summed E-state index contributed by atoms with van der Waals surface area (Å²) in [6.45, 7) is 8.75. The number of hydrogen-bond donors (Lipinski definition) is 1. The maximum Gasteiger partial charge on any atom is 0.162 e. The number of Topliss-reactive ketones (excluding diaryl/α,β-unsaturated/α-hetero) is 2. The second-order valence-corrected chi connectivity index (χ2v) is 13.8. The number of nitrogens with one attached hydrogen (secondary N) is 1. The molecule has 0 amide bonds. The molecule has 0 unspecified atom stereocenters. The highest BCUT2D eigenvalue weighted by Crippen LogP contribution is 2.52. The van der Waals surface area contributed by atoms with E-state index in [9.17, 15) is 9.59 Å². The van der Waals surface area contributed by atoms with E-state index in [0.29, 0.717) is 46.4 Å². The molecule has 6 heteroatoms. The van der Waals surface area contributed by atoms with Gasteiger partial charge in [0.2, 0.25) is 0 Å². The Hall–Kier alpha value is -3.08. The molecule has 40 heavy (non-hydrogen) atoms. The van der Waals surface area contributed by atoms with Crippen LogP contribution in [-0.2, 0) is 16.2 Å². The lowest BCUT2D eigenvalue weighted by molar-refractivity contribution is -0.119.